The zero-order chi connectivity index (χ0) is 13.9. The third-order valence-corrected chi connectivity index (χ3v) is 5.08. The predicted molar refractivity (Wildman–Crippen MR) is 83.2 cm³/mol. The van der Waals surface area contributed by atoms with Crippen LogP contribution in [0.3, 0.4) is 0 Å². The highest BCUT2D eigenvalue weighted by molar-refractivity contribution is 5.40. The van der Waals surface area contributed by atoms with Gasteiger partial charge in [-0.3, -0.25) is 0 Å². The molecule has 2 atom stereocenters. The van der Waals surface area contributed by atoms with Crippen molar-refractivity contribution in [3.8, 4) is 5.75 Å². The Hall–Kier alpha value is -1.02. The minimum Gasteiger partial charge on any atom is -0.493 e. The van der Waals surface area contributed by atoms with Gasteiger partial charge in [-0.25, -0.2) is 0 Å². The Morgan fingerprint density at radius 3 is 2.75 bits per heavy atom. The zero-order valence-corrected chi connectivity index (χ0v) is 12.8. The average molecular weight is 273 g/mol. The molecule has 1 aliphatic carbocycles. The smallest absolute Gasteiger partial charge is 0.122 e. The molecule has 1 unspecified atom stereocenters. The van der Waals surface area contributed by atoms with Crippen molar-refractivity contribution in [2.75, 3.05) is 6.61 Å². The van der Waals surface area contributed by atoms with Crippen LogP contribution in [0.25, 0.3) is 0 Å². The molecular weight excluding hydrogens is 246 g/mol. The maximum atomic E-state index is 5.59. The van der Waals surface area contributed by atoms with Gasteiger partial charge in [0.05, 0.1) is 6.61 Å². The summed E-state index contributed by atoms with van der Waals surface area (Å²) in [4.78, 5) is 0. The molecule has 2 aliphatic rings. The first-order valence-corrected chi connectivity index (χ1v) is 8.25. The molecule has 1 N–H and O–H groups in total. The van der Waals surface area contributed by atoms with E-state index in [1.807, 2.05) is 0 Å². The van der Waals surface area contributed by atoms with Crippen molar-refractivity contribution in [2.24, 2.45) is 5.92 Å². The maximum absolute atomic E-state index is 5.59. The molecule has 2 nitrogen and oxygen atoms in total. The second kappa shape index (κ2) is 6.17. The number of ether oxygens (including phenoxy) is 1. The van der Waals surface area contributed by atoms with Gasteiger partial charge in [-0.05, 0) is 49.8 Å². The Morgan fingerprint density at radius 1 is 1.15 bits per heavy atom. The van der Waals surface area contributed by atoms with Crippen LogP contribution >= 0.6 is 0 Å². The quantitative estimate of drug-likeness (QED) is 0.886. The fraction of sp³-hybridized carbons (Fsp3) is 0.667. The van der Waals surface area contributed by atoms with Crippen molar-refractivity contribution in [1.82, 2.24) is 5.32 Å². The monoisotopic (exact) mass is 273 g/mol. The van der Waals surface area contributed by atoms with Gasteiger partial charge in [-0.1, -0.05) is 31.4 Å². The lowest BCUT2D eigenvalue weighted by atomic mass is 9.84. The second-order valence-corrected chi connectivity index (χ2v) is 6.54. The molecule has 3 rings (SSSR count). The molecule has 110 valence electrons. The van der Waals surface area contributed by atoms with Crippen LogP contribution < -0.4 is 10.1 Å². The van der Waals surface area contributed by atoms with E-state index in [-0.39, 0.29) is 0 Å². The number of hydrogen-bond acceptors (Lipinski definition) is 2. The van der Waals surface area contributed by atoms with E-state index in [0.717, 1.165) is 24.7 Å². The summed E-state index contributed by atoms with van der Waals surface area (Å²) in [6, 6.07) is 7.73. The molecule has 0 bridgehead atoms. The van der Waals surface area contributed by atoms with E-state index < -0.39 is 0 Å². The van der Waals surface area contributed by atoms with E-state index in [0.29, 0.717) is 12.1 Å². The van der Waals surface area contributed by atoms with Crippen LogP contribution in [0.5, 0.6) is 5.75 Å². The lowest BCUT2D eigenvalue weighted by Crippen LogP contribution is -2.36. The van der Waals surface area contributed by atoms with Crippen molar-refractivity contribution in [3.63, 3.8) is 0 Å². The molecule has 0 radical (unpaired) electrons. The molecule has 0 aromatic heterocycles. The maximum Gasteiger partial charge on any atom is 0.122 e. The molecule has 1 aliphatic heterocycles. The van der Waals surface area contributed by atoms with Gasteiger partial charge in [0.15, 0.2) is 0 Å². The van der Waals surface area contributed by atoms with Gasteiger partial charge in [0.2, 0.25) is 0 Å². The average Bonchev–Trinajstić information content (AvgIpc) is 2.95. The molecule has 1 heterocycles. The number of fused-ring (bicyclic) bond motifs is 1. The molecule has 2 heteroatoms. The molecular formula is C18H27NO. The number of nitrogens with one attached hydrogen (secondary N) is 1. The molecule has 20 heavy (non-hydrogen) atoms. The topological polar surface area (TPSA) is 21.3 Å². The van der Waals surface area contributed by atoms with Gasteiger partial charge in [0.25, 0.3) is 0 Å². The van der Waals surface area contributed by atoms with Gasteiger partial charge >= 0.3 is 0 Å². The molecule has 0 saturated heterocycles. The third-order valence-electron chi connectivity index (χ3n) is 5.08. The van der Waals surface area contributed by atoms with Gasteiger partial charge in [-0.2, -0.15) is 0 Å². The molecule has 0 spiro atoms. The fourth-order valence-corrected chi connectivity index (χ4v) is 3.74. The number of hydrogen-bond donors (Lipinski definition) is 1. The van der Waals surface area contributed by atoms with Crippen molar-refractivity contribution >= 4 is 0 Å². The first kappa shape index (κ1) is 13.9. The first-order chi connectivity index (χ1) is 9.74. The summed E-state index contributed by atoms with van der Waals surface area (Å²) < 4.78 is 5.59. The molecule has 1 aromatic rings. The minimum absolute atomic E-state index is 0.429. The van der Waals surface area contributed by atoms with Crippen LogP contribution in [0.1, 0.15) is 63.1 Å². The SMILES string of the molecule is CC(N[C@H](C)C1CCCCC1)c1ccc2c(c1)CCO2. The summed E-state index contributed by atoms with van der Waals surface area (Å²) in [5.74, 6) is 1.95. The van der Waals surface area contributed by atoms with Crippen molar-refractivity contribution in [2.45, 2.75) is 64.5 Å². The molecule has 1 aromatic carbocycles. The summed E-state index contributed by atoms with van der Waals surface area (Å²) in [6.07, 6.45) is 8.14. The van der Waals surface area contributed by atoms with Crippen LogP contribution in [0, 0.1) is 5.92 Å². The molecule has 1 fully saturated rings. The fourth-order valence-electron chi connectivity index (χ4n) is 3.74. The van der Waals surface area contributed by atoms with Crippen molar-refractivity contribution < 1.29 is 4.74 Å². The van der Waals surface area contributed by atoms with Gasteiger partial charge in [-0.15, -0.1) is 0 Å². The molecule has 0 amide bonds. The number of benzene rings is 1. The summed E-state index contributed by atoms with van der Waals surface area (Å²) in [7, 11) is 0. The van der Waals surface area contributed by atoms with Crippen LogP contribution in [0.15, 0.2) is 18.2 Å². The highest BCUT2D eigenvalue weighted by Crippen LogP contribution is 2.30. The highest BCUT2D eigenvalue weighted by atomic mass is 16.5. The van der Waals surface area contributed by atoms with E-state index in [9.17, 15) is 0 Å². The standard InChI is InChI=1S/C18H27NO/c1-13(15-6-4-3-5-7-15)19-14(2)16-8-9-18-17(12-16)10-11-20-18/h8-9,12-15,19H,3-7,10-11H2,1-2H3/t13-,14?/m1/s1. The van der Waals surface area contributed by atoms with Crippen molar-refractivity contribution in [3.05, 3.63) is 29.3 Å². The lowest BCUT2D eigenvalue weighted by molar-refractivity contribution is 0.268. The zero-order valence-electron chi connectivity index (χ0n) is 12.8. The summed E-state index contributed by atoms with van der Waals surface area (Å²) in [6.45, 7) is 5.50. The van der Waals surface area contributed by atoms with Crippen LogP contribution in [-0.2, 0) is 6.42 Å². The highest BCUT2D eigenvalue weighted by Gasteiger charge is 2.22. The summed E-state index contributed by atoms with van der Waals surface area (Å²) >= 11 is 0. The normalized spacial score (nSPS) is 22.1. The van der Waals surface area contributed by atoms with E-state index in [2.05, 4.69) is 37.4 Å². The summed E-state index contributed by atoms with van der Waals surface area (Å²) in [5.41, 5.74) is 2.78. The summed E-state index contributed by atoms with van der Waals surface area (Å²) in [5, 5.41) is 3.82. The first-order valence-electron chi connectivity index (χ1n) is 8.25. The minimum atomic E-state index is 0.429. The Morgan fingerprint density at radius 2 is 1.95 bits per heavy atom. The van der Waals surface area contributed by atoms with E-state index >= 15 is 0 Å². The Bertz CT molecular complexity index is 451. The second-order valence-electron chi connectivity index (χ2n) is 6.54. The lowest BCUT2D eigenvalue weighted by Gasteiger charge is -2.31. The largest absolute Gasteiger partial charge is 0.493 e. The Labute approximate surface area is 122 Å². The van der Waals surface area contributed by atoms with Gasteiger partial charge in [0.1, 0.15) is 5.75 Å². The Balaban J connectivity index is 1.62. The predicted octanol–water partition coefficient (Wildman–Crippen LogP) is 4.24. The Kier molecular flexibility index (Phi) is 4.30. The van der Waals surface area contributed by atoms with Crippen LogP contribution in [0.2, 0.25) is 0 Å². The molecule has 1 saturated carbocycles. The van der Waals surface area contributed by atoms with Gasteiger partial charge in [0, 0.05) is 18.5 Å². The van der Waals surface area contributed by atoms with Crippen LogP contribution in [0.4, 0.5) is 0 Å². The number of rotatable bonds is 4. The van der Waals surface area contributed by atoms with Gasteiger partial charge < -0.3 is 10.1 Å². The van der Waals surface area contributed by atoms with Crippen molar-refractivity contribution in [1.29, 1.82) is 0 Å². The van der Waals surface area contributed by atoms with E-state index in [1.165, 1.54) is 43.2 Å². The third kappa shape index (κ3) is 3.01. The van der Waals surface area contributed by atoms with Crippen LogP contribution in [-0.4, -0.2) is 12.6 Å². The van der Waals surface area contributed by atoms with E-state index in [4.69, 9.17) is 4.74 Å². The van der Waals surface area contributed by atoms with E-state index in [1.54, 1.807) is 0 Å².